The summed E-state index contributed by atoms with van der Waals surface area (Å²) in [5.41, 5.74) is 1.02. The van der Waals surface area contributed by atoms with E-state index in [1.807, 2.05) is 0 Å². The minimum atomic E-state index is 0.509. The molecule has 2 rings (SSSR count). The molecule has 2 aliphatic carbocycles. The summed E-state index contributed by atoms with van der Waals surface area (Å²) in [5.74, 6) is 0. The molecule has 0 aromatic heterocycles. The topological polar surface area (TPSA) is 9.23 Å². The molecule has 2 aliphatic rings. The van der Waals surface area contributed by atoms with Gasteiger partial charge in [-0.2, -0.15) is 0 Å². The molecular formula is C14H26O. The average Bonchev–Trinajstić information content (AvgIpc) is 2.76. The van der Waals surface area contributed by atoms with Crippen molar-refractivity contribution in [3.63, 3.8) is 0 Å². The van der Waals surface area contributed by atoms with Gasteiger partial charge in [-0.15, -0.1) is 0 Å². The number of hydrogen-bond acceptors (Lipinski definition) is 1. The van der Waals surface area contributed by atoms with Crippen molar-refractivity contribution in [1.82, 2.24) is 0 Å². The summed E-state index contributed by atoms with van der Waals surface area (Å²) in [4.78, 5) is 0. The van der Waals surface area contributed by atoms with Gasteiger partial charge in [0.25, 0.3) is 0 Å². The SMILES string of the molecule is CC1(COCC2(C)CCCC2)CCCC1. The van der Waals surface area contributed by atoms with Crippen LogP contribution in [0.2, 0.25) is 0 Å². The highest BCUT2D eigenvalue weighted by Gasteiger charge is 2.32. The summed E-state index contributed by atoms with van der Waals surface area (Å²) in [6.45, 7) is 6.80. The fourth-order valence-corrected chi connectivity index (χ4v) is 3.29. The maximum atomic E-state index is 6.01. The molecule has 0 unspecified atom stereocenters. The third kappa shape index (κ3) is 2.96. The molecule has 15 heavy (non-hydrogen) atoms. The molecular weight excluding hydrogens is 184 g/mol. The number of ether oxygens (including phenoxy) is 1. The van der Waals surface area contributed by atoms with Gasteiger partial charge >= 0.3 is 0 Å². The van der Waals surface area contributed by atoms with Gasteiger partial charge in [-0.25, -0.2) is 0 Å². The Labute approximate surface area is 94.6 Å². The fraction of sp³-hybridized carbons (Fsp3) is 1.00. The second kappa shape index (κ2) is 4.45. The van der Waals surface area contributed by atoms with Crippen molar-refractivity contribution in [2.75, 3.05) is 13.2 Å². The van der Waals surface area contributed by atoms with E-state index in [2.05, 4.69) is 13.8 Å². The molecule has 0 aromatic rings. The van der Waals surface area contributed by atoms with E-state index in [-0.39, 0.29) is 0 Å². The van der Waals surface area contributed by atoms with E-state index in [4.69, 9.17) is 4.74 Å². The predicted molar refractivity (Wildman–Crippen MR) is 64.0 cm³/mol. The van der Waals surface area contributed by atoms with Crippen LogP contribution in [-0.4, -0.2) is 13.2 Å². The van der Waals surface area contributed by atoms with Crippen LogP contribution >= 0.6 is 0 Å². The van der Waals surface area contributed by atoms with Crippen LogP contribution in [0.15, 0.2) is 0 Å². The molecule has 0 heterocycles. The Morgan fingerprint density at radius 1 is 0.733 bits per heavy atom. The second-order valence-electron chi connectivity index (χ2n) is 6.53. The number of hydrogen-bond donors (Lipinski definition) is 0. The molecule has 0 aromatic carbocycles. The van der Waals surface area contributed by atoms with Crippen molar-refractivity contribution in [3.05, 3.63) is 0 Å². The van der Waals surface area contributed by atoms with E-state index >= 15 is 0 Å². The van der Waals surface area contributed by atoms with Gasteiger partial charge in [0.15, 0.2) is 0 Å². The Bertz CT molecular complexity index is 175. The summed E-state index contributed by atoms with van der Waals surface area (Å²) < 4.78 is 6.01. The van der Waals surface area contributed by atoms with Crippen molar-refractivity contribution in [1.29, 1.82) is 0 Å². The molecule has 88 valence electrons. The van der Waals surface area contributed by atoms with E-state index in [1.165, 1.54) is 51.4 Å². The zero-order valence-electron chi connectivity index (χ0n) is 10.5. The molecule has 0 N–H and O–H groups in total. The molecule has 2 fully saturated rings. The molecule has 2 saturated carbocycles. The quantitative estimate of drug-likeness (QED) is 0.677. The van der Waals surface area contributed by atoms with Crippen LogP contribution in [0, 0.1) is 10.8 Å². The van der Waals surface area contributed by atoms with Gasteiger partial charge in [0.1, 0.15) is 0 Å². The zero-order valence-corrected chi connectivity index (χ0v) is 10.5. The van der Waals surface area contributed by atoms with E-state index in [1.54, 1.807) is 0 Å². The standard InChI is InChI=1S/C14H26O/c1-13(7-3-4-8-13)11-15-12-14(2)9-5-6-10-14/h3-12H2,1-2H3. The van der Waals surface area contributed by atoms with E-state index < -0.39 is 0 Å². The normalized spacial score (nSPS) is 28.4. The van der Waals surface area contributed by atoms with E-state index in [0.717, 1.165) is 13.2 Å². The van der Waals surface area contributed by atoms with Crippen LogP contribution < -0.4 is 0 Å². The molecule has 0 aliphatic heterocycles. The van der Waals surface area contributed by atoms with Crippen LogP contribution in [-0.2, 0) is 4.74 Å². The van der Waals surface area contributed by atoms with Crippen LogP contribution in [0.5, 0.6) is 0 Å². The highest BCUT2D eigenvalue weighted by molar-refractivity contribution is 4.82. The third-order valence-electron chi connectivity index (χ3n) is 4.52. The van der Waals surface area contributed by atoms with E-state index in [0.29, 0.717) is 10.8 Å². The Kier molecular flexibility index (Phi) is 3.39. The predicted octanol–water partition coefficient (Wildman–Crippen LogP) is 4.16. The Morgan fingerprint density at radius 3 is 1.40 bits per heavy atom. The fourth-order valence-electron chi connectivity index (χ4n) is 3.29. The highest BCUT2D eigenvalue weighted by Crippen LogP contribution is 2.40. The van der Waals surface area contributed by atoms with Gasteiger partial charge in [0.05, 0.1) is 13.2 Å². The van der Waals surface area contributed by atoms with Gasteiger partial charge in [0.2, 0.25) is 0 Å². The Hall–Kier alpha value is -0.0400. The third-order valence-corrected chi connectivity index (χ3v) is 4.52. The molecule has 1 nitrogen and oxygen atoms in total. The van der Waals surface area contributed by atoms with Crippen LogP contribution in [0.3, 0.4) is 0 Å². The summed E-state index contributed by atoms with van der Waals surface area (Å²) >= 11 is 0. The molecule has 0 radical (unpaired) electrons. The first kappa shape index (κ1) is 11.4. The molecule has 0 bridgehead atoms. The summed E-state index contributed by atoms with van der Waals surface area (Å²) in [6.07, 6.45) is 11.2. The van der Waals surface area contributed by atoms with Gasteiger partial charge in [-0.05, 0) is 36.5 Å². The van der Waals surface area contributed by atoms with Crippen molar-refractivity contribution < 1.29 is 4.74 Å². The van der Waals surface area contributed by atoms with Crippen molar-refractivity contribution in [3.8, 4) is 0 Å². The molecule has 1 heteroatoms. The minimum Gasteiger partial charge on any atom is -0.380 e. The van der Waals surface area contributed by atoms with Crippen LogP contribution in [0.4, 0.5) is 0 Å². The lowest BCUT2D eigenvalue weighted by atomic mass is 9.88. The van der Waals surface area contributed by atoms with Gasteiger partial charge < -0.3 is 4.74 Å². The highest BCUT2D eigenvalue weighted by atomic mass is 16.5. The van der Waals surface area contributed by atoms with E-state index in [9.17, 15) is 0 Å². The smallest absolute Gasteiger partial charge is 0.0520 e. The second-order valence-corrected chi connectivity index (χ2v) is 6.53. The molecule has 0 spiro atoms. The van der Waals surface area contributed by atoms with Crippen molar-refractivity contribution >= 4 is 0 Å². The molecule has 0 saturated heterocycles. The minimum absolute atomic E-state index is 0.509. The maximum Gasteiger partial charge on any atom is 0.0520 e. The Balaban J connectivity index is 1.69. The zero-order chi connectivity index (χ0) is 10.8. The van der Waals surface area contributed by atoms with Gasteiger partial charge in [-0.3, -0.25) is 0 Å². The van der Waals surface area contributed by atoms with Crippen molar-refractivity contribution in [2.24, 2.45) is 10.8 Å². The lowest BCUT2D eigenvalue weighted by Gasteiger charge is -2.28. The van der Waals surface area contributed by atoms with Gasteiger partial charge in [-0.1, -0.05) is 39.5 Å². The van der Waals surface area contributed by atoms with Crippen molar-refractivity contribution in [2.45, 2.75) is 65.2 Å². The largest absolute Gasteiger partial charge is 0.380 e. The molecule has 0 atom stereocenters. The monoisotopic (exact) mass is 210 g/mol. The summed E-state index contributed by atoms with van der Waals surface area (Å²) in [5, 5.41) is 0. The first-order valence-corrected chi connectivity index (χ1v) is 6.70. The first-order valence-electron chi connectivity index (χ1n) is 6.70. The first-order chi connectivity index (χ1) is 7.12. The van der Waals surface area contributed by atoms with Gasteiger partial charge in [0, 0.05) is 0 Å². The lowest BCUT2D eigenvalue weighted by molar-refractivity contribution is 0.00748. The number of rotatable bonds is 4. The Morgan fingerprint density at radius 2 is 1.07 bits per heavy atom. The summed E-state index contributed by atoms with van der Waals surface area (Å²) in [7, 11) is 0. The van der Waals surface area contributed by atoms with Crippen LogP contribution in [0.1, 0.15) is 65.2 Å². The van der Waals surface area contributed by atoms with Crippen LogP contribution in [0.25, 0.3) is 0 Å². The average molecular weight is 210 g/mol. The molecule has 0 amide bonds. The lowest BCUT2D eigenvalue weighted by Crippen LogP contribution is -2.25. The maximum absolute atomic E-state index is 6.01. The summed E-state index contributed by atoms with van der Waals surface area (Å²) in [6, 6.07) is 0.